The lowest BCUT2D eigenvalue weighted by atomic mass is 10.2. The molecule has 19 heavy (non-hydrogen) atoms. The van der Waals surface area contributed by atoms with Gasteiger partial charge >= 0.3 is 0 Å². The van der Waals surface area contributed by atoms with Gasteiger partial charge < -0.3 is 14.2 Å². The molecule has 0 spiro atoms. The van der Waals surface area contributed by atoms with Crippen LogP contribution in [0.2, 0.25) is 0 Å². The number of aryl methyl sites for hydroxylation is 2. The van der Waals surface area contributed by atoms with Gasteiger partial charge in [-0.2, -0.15) is 0 Å². The molecule has 1 aliphatic heterocycles. The van der Waals surface area contributed by atoms with Gasteiger partial charge in [-0.3, -0.25) is 0 Å². The first-order valence-corrected chi connectivity index (χ1v) is 6.87. The van der Waals surface area contributed by atoms with Gasteiger partial charge in [-0.25, -0.2) is 4.98 Å². The highest BCUT2D eigenvalue weighted by atomic mass is 16.5. The van der Waals surface area contributed by atoms with Gasteiger partial charge in [-0.15, -0.1) is 0 Å². The fourth-order valence-corrected chi connectivity index (χ4v) is 2.98. The van der Waals surface area contributed by atoms with Crippen molar-refractivity contribution in [3.63, 3.8) is 0 Å². The maximum absolute atomic E-state index is 5.82. The maximum atomic E-state index is 5.82. The molecule has 3 rings (SSSR count). The summed E-state index contributed by atoms with van der Waals surface area (Å²) >= 11 is 0. The number of fused-ring (bicyclic) bond motifs is 1. The molecule has 2 aromatic rings. The molecular weight excluding hydrogens is 238 g/mol. The van der Waals surface area contributed by atoms with Crippen molar-refractivity contribution >= 4 is 16.7 Å². The Kier molecular flexibility index (Phi) is 2.97. The second-order valence-corrected chi connectivity index (χ2v) is 5.57. The van der Waals surface area contributed by atoms with Crippen LogP contribution in [0.4, 0.5) is 5.69 Å². The molecule has 0 saturated carbocycles. The molecule has 4 heteroatoms. The van der Waals surface area contributed by atoms with Crippen LogP contribution in [0.15, 0.2) is 18.3 Å². The van der Waals surface area contributed by atoms with E-state index in [0.717, 1.165) is 18.7 Å². The predicted molar refractivity (Wildman–Crippen MR) is 77.7 cm³/mol. The fourth-order valence-electron chi connectivity index (χ4n) is 2.98. The number of nitrogens with zero attached hydrogens (tertiary/aromatic N) is 3. The fraction of sp³-hybridized carbons (Fsp3) is 0.533. The Labute approximate surface area is 114 Å². The molecule has 3 heterocycles. The van der Waals surface area contributed by atoms with Crippen molar-refractivity contribution in [2.75, 3.05) is 18.0 Å². The third-order valence-electron chi connectivity index (χ3n) is 3.91. The number of hydrogen-bond acceptors (Lipinski definition) is 3. The molecule has 102 valence electrons. The Bertz CT molecular complexity index is 595. The van der Waals surface area contributed by atoms with Crippen LogP contribution < -0.4 is 4.90 Å². The van der Waals surface area contributed by atoms with Crippen LogP contribution in [-0.2, 0) is 11.8 Å². The lowest BCUT2D eigenvalue weighted by molar-refractivity contribution is -0.00513. The number of rotatable bonds is 1. The molecule has 0 aliphatic carbocycles. The smallest absolute Gasteiger partial charge is 0.141 e. The molecule has 0 radical (unpaired) electrons. The second-order valence-electron chi connectivity index (χ2n) is 5.57. The summed E-state index contributed by atoms with van der Waals surface area (Å²) in [4.78, 5) is 6.92. The van der Waals surface area contributed by atoms with Crippen LogP contribution >= 0.6 is 0 Å². The molecule has 0 amide bonds. The standard InChI is InChI=1S/C15H21N3O/c1-10-7-13-14(5-6-16-15(13)17(10)4)18-8-11(2)19-12(3)9-18/h5-7,11-12H,8-9H2,1-4H3/t11-,12?/m1/s1. The van der Waals surface area contributed by atoms with Crippen LogP contribution in [0, 0.1) is 6.92 Å². The highest BCUT2D eigenvalue weighted by Gasteiger charge is 2.24. The summed E-state index contributed by atoms with van der Waals surface area (Å²) < 4.78 is 7.96. The topological polar surface area (TPSA) is 30.3 Å². The molecule has 1 fully saturated rings. The molecule has 2 aromatic heterocycles. The molecule has 0 bridgehead atoms. The van der Waals surface area contributed by atoms with Crippen molar-refractivity contribution < 1.29 is 4.74 Å². The van der Waals surface area contributed by atoms with Gasteiger partial charge in [0.15, 0.2) is 0 Å². The molecule has 4 nitrogen and oxygen atoms in total. The minimum Gasteiger partial charge on any atom is -0.372 e. The van der Waals surface area contributed by atoms with E-state index in [-0.39, 0.29) is 12.2 Å². The van der Waals surface area contributed by atoms with Gasteiger partial charge in [0.05, 0.1) is 12.2 Å². The van der Waals surface area contributed by atoms with Gasteiger partial charge in [-0.05, 0) is 32.9 Å². The van der Waals surface area contributed by atoms with Crippen LogP contribution in [0.5, 0.6) is 0 Å². The van der Waals surface area contributed by atoms with E-state index in [1.807, 2.05) is 6.20 Å². The van der Waals surface area contributed by atoms with E-state index < -0.39 is 0 Å². The Morgan fingerprint density at radius 2 is 1.95 bits per heavy atom. The summed E-state index contributed by atoms with van der Waals surface area (Å²) in [6, 6.07) is 4.34. The van der Waals surface area contributed by atoms with Gasteiger partial charge in [0.25, 0.3) is 0 Å². The Morgan fingerprint density at radius 1 is 1.26 bits per heavy atom. The average Bonchev–Trinajstić information content (AvgIpc) is 2.64. The summed E-state index contributed by atoms with van der Waals surface area (Å²) in [7, 11) is 2.07. The molecule has 0 N–H and O–H groups in total. The first-order chi connectivity index (χ1) is 9.06. The number of hydrogen-bond donors (Lipinski definition) is 0. The first-order valence-electron chi connectivity index (χ1n) is 6.87. The van der Waals surface area contributed by atoms with Crippen molar-refractivity contribution in [2.45, 2.75) is 33.0 Å². The molecule has 0 aromatic carbocycles. The zero-order valence-electron chi connectivity index (χ0n) is 12.1. The number of ether oxygens (including phenoxy) is 1. The highest BCUT2D eigenvalue weighted by Crippen LogP contribution is 2.29. The van der Waals surface area contributed by atoms with Gasteiger partial charge in [-0.1, -0.05) is 0 Å². The number of pyridine rings is 1. The largest absolute Gasteiger partial charge is 0.372 e. The summed E-state index contributed by atoms with van der Waals surface area (Å²) in [6.07, 6.45) is 2.45. The summed E-state index contributed by atoms with van der Waals surface area (Å²) in [5, 5.41) is 1.24. The lowest BCUT2D eigenvalue weighted by Crippen LogP contribution is -2.45. The summed E-state index contributed by atoms with van der Waals surface area (Å²) in [5.41, 5.74) is 3.57. The number of morpholine rings is 1. The second kappa shape index (κ2) is 4.53. The minimum atomic E-state index is 0.275. The van der Waals surface area contributed by atoms with E-state index in [2.05, 4.69) is 54.4 Å². The summed E-state index contributed by atoms with van der Waals surface area (Å²) in [6.45, 7) is 8.28. The molecule has 2 atom stereocenters. The third-order valence-corrected chi connectivity index (χ3v) is 3.91. The van der Waals surface area contributed by atoms with Crippen molar-refractivity contribution in [3.05, 3.63) is 24.0 Å². The quantitative estimate of drug-likeness (QED) is 0.788. The maximum Gasteiger partial charge on any atom is 0.141 e. The van der Waals surface area contributed by atoms with Gasteiger partial charge in [0, 0.05) is 43.1 Å². The van der Waals surface area contributed by atoms with E-state index in [4.69, 9.17) is 4.74 Å². The predicted octanol–water partition coefficient (Wildman–Crippen LogP) is 2.50. The average molecular weight is 259 g/mol. The zero-order valence-corrected chi connectivity index (χ0v) is 12.1. The van der Waals surface area contributed by atoms with E-state index in [0.29, 0.717) is 0 Å². The zero-order chi connectivity index (χ0) is 13.6. The lowest BCUT2D eigenvalue weighted by Gasteiger charge is -2.37. The number of aromatic nitrogens is 2. The van der Waals surface area contributed by atoms with E-state index in [1.54, 1.807) is 0 Å². The van der Waals surface area contributed by atoms with E-state index in [1.165, 1.54) is 16.8 Å². The first kappa shape index (κ1) is 12.5. The Morgan fingerprint density at radius 3 is 2.63 bits per heavy atom. The van der Waals surface area contributed by atoms with Crippen molar-refractivity contribution in [3.8, 4) is 0 Å². The van der Waals surface area contributed by atoms with Crippen LogP contribution in [-0.4, -0.2) is 34.8 Å². The van der Waals surface area contributed by atoms with Crippen LogP contribution in [0.25, 0.3) is 11.0 Å². The van der Waals surface area contributed by atoms with Crippen molar-refractivity contribution in [1.82, 2.24) is 9.55 Å². The Hall–Kier alpha value is -1.55. The van der Waals surface area contributed by atoms with Crippen molar-refractivity contribution in [2.24, 2.45) is 7.05 Å². The van der Waals surface area contributed by atoms with Gasteiger partial charge in [0.1, 0.15) is 5.65 Å². The van der Waals surface area contributed by atoms with Crippen LogP contribution in [0.3, 0.4) is 0 Å². The van der Waals surface area contributed by atoms with E-state index >= 15 is 0 Å². The molecule has 1 saturated heterocycles. The van der Waals surface area contributed by atoms with Crippen LogP contribution in [0.1, 0.15) is 19.5 Å². The summed E-state index contributed by atoms with van der Waals surface area (Å²) in [5.74, 6) is 0. The Balaban J connectivity index is 2.07. The monoisotopic (exact) mass is 259 g/mol. The highest BCUT2D eigenvalue weighted by molar-refractivity contribution is 5.91. The molecule has 1 unspecified atom stereocenters. The molecule has 1 aliphatic rings. The number of anilines is 1. The molecular formula is C15H21N3O. The van der Waals surface area contributed by atoms with Gasteiger partial charge in [0.2, 0.25) is 0 Å². The third kappa shape index (κ3) is 2.10. The minimum absolute atomic E-state index is 0.275. The van der Waals surface area contributed by atoms with Crippen molar-refractivity contribution in [1.29, 1.82) is 0 Å². The van der Waals surface area contributed by atoms with E-state index in [9.17, 15) is 0 Å². The SMILES string of the molecule is Cc1cc2c(N3CC(C)O[C@H](C)C3)ccnc2n1C. The normalized spacial score (nSPS) is 24.1.